The second kappa shape index (κ2) is 5.38. The molecule has 1 atom stereocenters. The molecule has 0 radical (unpaired) electrons. The van der Waals surface area contributed by atoms with Crippen molar-refractivity contribution in [3.63, 3.8) is 0 Å². The van der Waals surface area contributed by atoms with Crippen LogP contribution in [0, 0.1) is 17.8 Å². The normalized spacial score (nSPS) is 28.9. The molecule has 0 heteroatoms. The molecule has 0 aliphatic heterocycles. The Labute approximate surface area is 102 Å². The van der Waals surface area contributed by atoms with E-state index in [1.54, 1.807) is 0 Å². The summed E-state index contributed by atoms with van der Waals surface area (Å²) in [7, 11) is 0. The first-order valence-electron chi connectivity index (χ1n) is 7.40. The zero-order valence-electron chi connectivity index (χ0n) is 11.4. The van der Waals surface area contributed by atoms with Crippen molar-refractivity contribution in [2.75, 3.05) is 0 Å². The van der Waals surface area contributed by atoms with E-state index in [4.69, 9.17) is 0 Å². The van der Waals surface area contributed by atoms with Crippen molar-refractivity contribution < 1.29 is 0 Å². The van der Waals surface area contributed by atoms with Gasteiger partial charge in [0.15, 0.2) is 0 Å². The Morgan fingerprint density at radius 1 is 1.00 bits per heavy atom. The van der Waals surface area contributed by atoms with E-state index in [1.165, 1.54) is 51.4 Å². The summed E-state index contributed by atoms with van der Waals surface area (Å²) in [5.41, 5.74) is 3.73. The van der Waals surface area contributed by atoms with E-state index in [0.29, 0.717) is 0 Å². The smallest absolute Gasteiger partial charge is 0.0200 e. The van der Waals surface area contributed by atoms with Gasteiger partial charge in [-0.3, -0.25) is 0 Å². The molecular formula is C16H28. The first kappa shape index (κ1) is 12.2. The van der Waals surface area contributed by atoms with Crippen LogP contribution in [0.4, 0.5) is 0 Å². The Hall–Kier alpha value is -0.260. The second-order valence-electron chi connectivity index (χ2n) is 6.39. The lowest BCUT2D eigenvalue weighted by Crippen LogP contribution is -2.19. The first-order valence-corrected chi connectivity index (χ1v) is 7.40. The van der Waals surface area contributed by atoms with E-state index in [9.17, 15) is 0 Å². The summed E-state index contributed by atoms with van der Waals surface area (Å²) in [6.45, 7) is 7.24. The topological polar surface area (TPSA) is 0 Å². The Kier molecular flexibility index (Phi) is 4.10. The Balaban J connectivity index is 2.17. The van der Waals surface area contributed by atoms with Crippen LogP contribution in [0.2, 0.25) is 0 Å². The van der Waals surface area contributed by atoms with Crippen LogP contribution in [0.5, 0.6) is 0 Å². The molecule has 2 aliphatic carbocycles. The molecule has 0 saturated heterocycles. The third kappa shape index (κ3) is 2.70. The van der Waals surface area contributed by atoms with Gasteiger partial charge >= 0.3 is 0 Å². The summed E-state index contributed by atoms with van der Waals surface area (Å²) in [6, 6.07) is 0. The summed E-state index contributed by atoms with van der Waals surface area (Å²) < 4.78 is 0. The fourth-order valence-electron chi connectivity index (χ4n) is 3.71. The Morgan fingerprint density at radius 2 is 1.69 bits per heavy atom. The van der Waals surface area contributed by atoms with Crippen LogP contribution in [0.25, 0.3) is 0 Å². The third-order valence-electron chi connectivity index (χ3n) is 4.68. The zero-order chi connectivity index (χ0) is 11.5. The molecule has 0 bridgehead atoms. The number of hydrogen-bond acceptors (Lipinski definition) is 0. The molecule has 0 amide bonds. The van der Waals surface area contributed by atoms with Crippen molar-refractivity contribution in [3.05, 3.63) is 11.1 Å². The van der Waals surface area contributed by atoms with E-state index >= 15 is 0 Å². The van der Waals surface area contributed by atoms with E-state index < -0.39 is 0 Å². The van der Waals surface area contributed by atoms with Crippen molar-refractivity contribution >= 4 is 0 Å². The lowest BCUT2D eigenvalue weighted by atomic mass is 9.72. The first-order chi connectivity index (χ1) is 7.68. The maximum atomic E-state index is 2.44. The number of rotatable bonds is 2. The minimum atomic E-state index is 0.796. The Bertz CT molecular complexity index is 253. The van der Waals surface area contributed by atoms with Gasteiger partial charge in [0.05, 0.1) is 0 Å². The van der Waals surface area contributed by atoms with Crippen LogP contribution in [0.15, 0.2) is 11.1 Å². The van der Waals surface area contributed by atoms with Gasteiger partial charge in [0.2, 0.25) is 0 Å². The summed E-state index contributed by atoms with van der Waals surface area (Å²) in [4.78, 5) is 0. The number of allylic oxidation sites excluding steroid dienone is 2. The van der Waals surface area contributed by atoms with Crippen molar-refractivity contribution in [2.45, 2.75) is 72.1 Å². The molecule has 2 rings (SSSR count). The van der Waals surface area contributed by atoms with Crippen molar-refractivity contribution in [2.24, 2.45) is 17.8 Å². The number of hydrogen-bond donors (Lipinski definition) is 0. The average Bonchev–Trinajstić information content (AvgIpc) is 2.29. The van der Waals surface area contributed by atoms with Crippen molar-refractivity contribution in [1.82, 2.24) is 0 Å². The SMILES string of the molecule is CC1CCC(C(C)C)=C(C2CCCCC2)C1. The van der Waals surface area contributed by atoms with Gasteiger partial charge in [-0.1, -0.05) is 51.2 Å². The highest BCUT2D eigenvalue weighted by atomic mass is 14.3. The summed E-state index contributed by atoms with van der Waals surface area (Å²) in [5, 5.41) is 0. The average molecular weight is 220 g/mol. The fourth-order valence-corrected chi connectivity index (χ4v) is 3.71. The lowest BCUT2D eigenvalue weighted by Gasteiger charge is -2.34. The zero-order valence-corrected chi connectivity index (χ0v) is 11.4. The highest BCUT2D eigenvalue weighted by molar-refractivity contribution is 5.22. The van der Waals surface area contributed by atoms with Gasteiger partial charge in [-0.25, -0.2) is 0 Å². The third-order valence-corrected chi connectivity index (χ3v) is 4.68. The van der Waals surface area contributed by atoms with Crippen LogP contribution in [-0.4, -0.2) is 0 Å². The standard InChI is InChI=1S/C16H28/c1-12(2)15-10-9-13(3)11-16(15)14-7-5-4-6-8-14/h12-14H,4-11H2,1-3H3. The van der Waals surface area contributed by atoms with Gasteiger partial charge in [0, 0.05) is 0 Å². The molecule has 0 aromatic carbocycles. The quantitative estimate of drug-likeness (QED) is 0.551. The lowest BCUT2D eigenvalue weighted by molar-refractivity contribution is 0.355. The molecule has 0 spiro atoms. The molecule has 0 nitrogen and oxygen atoms in total. The second-order valence-corrected chi connectivity index (χ2v) is 6.39. The molecule has 2 aliphatic rings. The monoisotopic (exact) mass is 220 g/mol. The predicted octanol–water partition coefficient (Wildman–Crippen LogP) is 5.34. The summed E-state index contributed by atoms with van der Waals surface area (Å²) in [6.07, 6.45) is 11.7. The molecule has 92 valence electrons. The van der Waals surface area contributed by atoms with Gasteiger partial charge in [0.1, 0.15) is 0 Å². The predicted molar refractivity (Wildman–Crippen MR) is 71.5 cm³/mol. The van der Waals surface area contributed by atoms with Crippen molar-refractivity contribution in [3.8, 4) is 0 Å². The van der Waals surface area contributed by atoms with Gasteiger partial charge < -0.3 is 0 Å². The molecule has 16 heavy (non-hydrogen) atoms. The van der Waals surface area contributed by atoms with E-state index in [-0.39, 0.29) is 0 Å². The highest BCUT2D eigenvalue weighted by Crippen LogP contribution is 2.41. The van der Waals surface area contributed by atoms with Crippen LogP contribution in [0.1, 0.15) is 72.1 Å². The highest BCUT2D eigenvalue weighted by Gasteiger charge is 2.26. The molecule has 0 N–H and O–H groups in total. The van der Waals surface area contributed by atoms with Gasteiger partial charge in [0.25, 0.3) is 0 Å². The van der Waals surface area contributed by atoms with Crippen LogP contribution < -0.4 is 0 Å². The Morgan fingerprint density at radius 3 is 2.31 bits per heavy atom. The van der Waals surface area contributed by atoms with Crippen LogP contribution in [0.3, 0.4) is 0 Å². The summed E-state index contributed by atoms with van der Waals surface area (Å²) in [5.74, 6) is 2.71. The molecule has 0 heterocycles. The van der Waals surface area contributed by atoms with Gasteiger partial charge in [-0.05, 0) is 49.9 Å². The van der Waals surface area contributed by atoms with Crippen molar-refractivity contribution in [1.29, 1.82) is 0 Å². The van der Waals surface area contributed by atoms with Crippen LogP contribution >= 0.6 is 0 Å². The van der Waals surface area contributed by atoms with E-state index in [2.05, 4.69) is 20.8 Å². The maximum absolute atomic E-state index is 2.44. The minimum Gasteiger partial charge on any atom is -0.0682 e. The molecule has 1 unspecified atom stereocenters. The maximum Gasteiger partial charge on any atom is -0.0200 e. The molecule has 1 fully saturated rings. The van der Waals surface area contributed by atoms with E-state index in [1.807, 2.05) is 11.1 Å². The largest absolute Gasteiger partial charge is 0.0682 e. The fraction of sp³-hybridized carbons (Fsp3) is 0.875. The minimum absolute atomic E-state index is 0.796. The molecule has 0 aromatic heterocycles. The van der Waals surface area contributed by atoms with Crippen LogP contribution in [-0.2, 0) is 0 Å². The van der Waals surface area contributed by atoms with E-state index in [0.717, 1.165) is 17.8 Å². The van der Waals surface area contributed by atoms with Gasteiger partial charge in [-0.2, -0.15) is 0 Å². The molecular weight excluding hydrogens is 192 g/mol. The van der Waals surface area contributed by atoms with Gasteiger partial charge in [-0.15, -0.1) is 0 Å². The molecule has 1 saturated carbocycles. The molecule has 0 aromatic rings. The summed E-state index contributed by atoms with van der Waals surface area (Å²) >= 11 is 0.